The molecule has 1 atom stereocenters. The number of nitrogens with zero attached hydrogens (tertiary/aromatic N) is 4. The van der Waals surface area contributed by atoms with Crippen LogP contribution in [-0.2, 0) is 20.7 Å². The van der Waals surface area contributed by atoms with Crippen molar-refractivity contribution >= 4 is 29.6 Å². The van der Waals surface area contributed by atoms with Crippen molar-refractivity contribution in [3.8, 4) is 0 Å². The molecule has 1 unspecified atom stereocenters. The van der Waals surface area contributed by atoms with Crippen molar-refractivity contribution in [2.45, 2.75) is 58.3 Å². The Hall–Kier alpha value is -3.57. The van der Waals surface area contributed by atoms with E-state index < -0.39 is 5.60 Å². The van der Waals surface area contributed by atoms with Crippen molar-refractivity contribution in [2.75, 3.05) is 50.1 Å². The number of anilines is 2. The van der Waals surface area contributed by atoms with Crippen LogP contribution in [0.15, 0.2) is 30.5 Å². The van der Waals surface area contributed by atoms with E-state index in [1.807, 2.05) is 39.0 Å². The molecule has 4 rings (SSSR count). The average molecular weight is 541 g/mol. The van der Waals surface area contributed by atoms with Crippen molar-refractivity contribution in [1.82, 2.24) is 14.9 Å². The molecule has 1 amide bonds. The van der Waals surface area contributed by atoms with Crippen LogP contribution < -0.4 is 10.2 Å². The van der Waals surface area contributed by atoms with Crippen LogP contribution in [-0.4, -0.2) is 89.8 Å². The van der Waals surface area contributed by atoms with E-state index in [1.165, 1.54) is 0 Å². The monoisotopic (exact) mass is 540 g/mol. The predicted molar refractivity (Wildman–Crippen MR) is 150 cm³/mol. The van der Waals surface area contributed by atoms with Gasteiger partial charge in [0.05, 0.1) is 23.3 Å². The molecule has 0 saturated carbocycles. The summed E-state index contributed by atoms with van der Waals surface area (Å²) >= 11 is 0. The number of nitrogens with one attached hydrogen (secondary N) is 2. The minimum atomic E-state index is -0.528. The van der Waals surface area contributed by atoms with Gasteiger partial charge < -0.3 is 34.5 Å². The van der Waals surface area contributed by atoms with Gasteiger partial charge in [0.25, 0.3) is 0 Å². The van der Waals surface area contributed by atoms with Crippen LogP contribution in [0.4, 0.5) is 16.3 Å². The van der Waals surface area contributed by atoms with Crippen molar-refractivity contribution in [3.05, 3.63) is 47.4 Å². The summed E-state index contributed by atoms with van der Waals surface area (Å²) in [4.78, 5) is 36.5. The molecule has 2 aliphatic rings. The molecule has 2 saturated heterocycles. The second kappa shape index (κ2) is 14.0. The van der Waals surface area contributed by atoms with Crippen LogP contribution in [0.25, 0.3) is 0 Å². The van der Waals surface area contributed by atoms with E-state index in [2.05, 4.69) is 15.2 Å². The number of hydrogen-bond donors (Lipinski definition) is 3. The third-order valence-corrected chi connectivity index (χ3v) is 6.26. The number of aromatic nitrogens is 2. The van der Waals surface area contributed by atoms with Gasteiger partial charge in [0, 0.05) is 57.6 Å². The van der Waals surface area contributed by atoms with Crippen molar-refractivity contribution in [1.29, 1.82) is 5.41 Å². The Bertz CT molecular complexity index is 1120. The summed E-state index contributed by atoms with van der Waals surface area (Å²) in [5.74, 6) is 0.749. The third kappa shape index (κ3) is 8.46. The van der Waals surface area contributed by atoms with Gasteiger partial charge in [-0.15, -0.1) is 0 Å². The van der Waals surface area contributed by atoms with Crippen LogP contribution in [0.1, 0.15) is 57.0 Å². The van der Waals surface area contributed by atoms with Crippen LogP contribution in [0.5, 0.6) is 0 Å². The van der Waals surface area contributed by atoms with Gasteiger partial charge in [-0.1, -0.05) is 6.07 Å². The minimum Gasteiger partial charge on any atom is -0.444 e. The summed E-state index contributed by atoms with van der Waals surface area (Å²) in [5.41, 5.74) is 2.13. The number of hydrogen-bond acceptors (Lipinski definition) is 10. The molecular weight excluding hydrogens is 500 g/mol. The van der Waals surface area contributed by atoms with E-state index in [9.17, 15) is 9.59 Å². The smallest absolute Gasteiger partial charge is 0.410 e. The number of ether oxygens (including phenoxy) is 2. The third-order valence-electron chi connectivity index (χ3n) is 6.26. The maximum atomic E-state index is 12.4. The fourth-order valence-electron chi connectivity index (χ4n) is 4.37. The number of pyridine rings is 2. The van der Waals surface area contributed by atoms with Crippen molar-refractivity contribution in [3.63, 3.8) is 0 Å². The number of carbonyl (C=O) groups is 2. The normalized spacial score (nSPS) is 17.5. The topological polar surface area (TPSA) is 141 Å². The van der Waals surface area contributed by atoms with Gasteiger partial charge >= 0.3 is 6.09 Å². The predicted octanol–water partition coefficient (Wildman–Crippen LogP) is 3.24. The van der Waals surface area contributed by atoms with Gasteiger partial charge in [0.1, 0.15) is 23.9 Å². The molecule has 0 bridgehead atoms. The molecule has 39 heavy (non-hydrogen) atoms. The zero-order chi connectivity index (χ0) is 28.4. The van der Waals surface area contributed by atoms with Crippen molar-refractivity contribution in [2.24, 2.45) is 0 Å². The number of piperazine rings is 1. The lowest BCUT2D eigenvalue weighted by Gasteiger charge is -2.36. The van der Waals surface area contributed by atoms with Crippen LogP contribution in [0, 0.1) is 5.41 Å². The molecular formula is C28H40N6O5. The Kier molecular flexibility index (Phi) is 10.8. The standard InChI is InChI=1S/C27H36N6O4.CH4O/c1-27(2,3)37-26(35)33-13-11-32(12-14-33)23-8-6-7-21(30-23)25(28)20-17-19(10-15-34)29-18-22(20)31-24-9-4-5-16-36-24;1-2/h6-8,15,17-18,24,28,31H,4-5,9-14,16H2,1-3H3;2H,1H3. The van der Waals surface area contributed by atoms with E-state index in [4.69, 9.17) is 25.0 Å². The summed E-state index contributed by atoms with van der Waals surface area (Å²) in [6.07, 6.45) is 5.21. The Morgan fingerprint density at radius 3 is 2.62 bits per heavy atom. The van der Waals surface area contributed by atoms with Gasteiger partial charge in [-0.25, -0.2) is 9.78 Å². The second-order valence-electron chi connectivity index (χ2n) is 10.3. The summed E-state index contributed by atoms with van der Waals surface area (Å²) in [7, 11) is 1.00. The summed E-state index contributed by atoms with van der Waals surface area (Å²) < 4.78 is 11.3. The highest BCUT2D eigenvalue weighted by Crippen LogP contribution is 2.24. The molecule has 3 N–H and O–H groups in total. The maximum absolute atomic E-state index is 12.4. The SMILES string of the molecule is CC(C)(C)OC(=O)N1CCN(c2cccc(C(=N)c3cc(CC=O)ncc3NC3CCCCO3)n2)CC1.CO. The number of rotatable bonds is 7. The minimum absolute atomic E-state index is 0.139. The second-order valence-corrected chi connectivity index (χ2v) is 10.3. The van der Waals surface area contributed by atoms with Crippen molar-refractivity contribution < 1.29 is 24.2 Å². The first-order valence-corrected chi connectivity index (χ1v) is 13.3. The summed E-state index contributed by atoms with van der Waals surface area (Å²) in [6, 6.07) is 7.38. The van der Waals surface area contributed by atoms with E-state index in [1.54, 1.807) is 17.2 Å². The lowest BCUT2D eigenvalue weighted by atomic mass is 10.0. The molecule has 4 heterocycles. The fraction of sp³-hybridized carbons (Fsp3) is 0.536. The highest BCUT2D eigenvalue weighted by molar-refractivity contribution is 6.13. The fourth-order valence-corrected chi connectivity index (χ4v) is 4.37. The van der Waals surface area contributed by atoms with E-state index in [-0.39, 0.29) is 24.5 Å². The van der Waals surface area contributed by atoms with Gasteiger partial charge in [-0.05, 0) is 58.2 Å². The molecule has 2 fully saturated rings. The first-order chi connectivity index (χ1) is 18.7. The number of amides is 1. The molecule has 0 aliphatic carbocycles. The lowest BCUT2D eigenvalue weighted by Crippen LogP contribution is -2.50. The molecule has 0 radical (unpaired) electrons. The number of aliphatic hydroxyl groups excluding tert-OH is 1. The lowest BCUT2D eigenvalue weighted by molar-refractivity contribution is -0.107. The van der Waals surface area contributed by atoms with E-state index in [0.29, 0.717) is 55.4 Å². The van der Waals surface area contributed by atoms with Gasteiger partial charge in [0.15, 0.2) is 0 Å². The summed E-state index contributed by atoms with van der Waals surface area (Å²) in [6.45, 7) is 8.59. The van der Waals surface area contributed by atoms with Crippen LogP contribution >= 0.6 is 0 Å². The van der Waals surface area contributed by atoms with Gasteiger partial charge in [0.2, 0.25) is 0 Å². The number of aldehydes is 1. The molecule has 212 valence electrons. The molecule has 11 heteroatoms. The highest BCUT2D eigenvalue weighted by atomic mass is 16.6. The quantitative estimate of drug-likeness (QED) is 0.356. The first kappa shape index (κ1) is 30.0. The van der Waals surface area contributed by atoms with Gasteiger partial charge in [-0.3, -0.25) is 10.4 Å². The zero-order valence-electron chi connectivity index (χ0n) is 23.3. The average Bonchev–Trinajstić information content (AvgIpc) is 2.94. The molecule has 11 nitrogen and oxygen atoms in total. The van der Waals surface area contributed by atoms with Gasteiger partial charge in [-0.2, -0.15) is 0 Å². The Morgan fingerprint density at radius 1 is 1.23 bits per heavy atom. The molecule has 0 spiro atoms. The molecule has 2 aromatic rings. The highest BCUT2D eigenvalue weighted by Gasteiger charge is 2.27. The molecule has 2 aliphatic heterocycles. The molecule has 0 aromatic carbocycles. The van der Waals surface area contributed by atoms with E-state index >= 15 is 0 Å². The first-order valence-electron chi connectivity index (χ1n) is 13.3. The number of carbonyl (C=O) groups excluding carboxylic acids is 2. The zero-order valence-corrected chi connectivity index (χ0v) is 23.3. The number of aliphatic hydroxyl groups is 1. The summed E-state index contributed by atoms with van der Waals surface area (Å²) in [5, 5.41) is 19.4. The maximum Gasteiger partial charge on any atom is 0.410 e. The van der Waals surface area contributed by atoms with E-state index in [0.717, 1.165) is 38.5 Å². The van der Waals surface area contributed by atoms with Crippen LogP contribution in [0.2, 0.25) is 0 Å². The molecule has 2 aromatic heterocycles. The Labute approximate surface area is 230 Å². The Balaban J connectivity index is 0.00000205. The van der Waals surface area contributed by atoms with Crippen LogP contribution in [0.3, 0.4) is 0 Å². The largest absolute Gasteiger partial charge is 0.444 e. The Morgan fingerprint density at radius 2 is 1.97 bits per heavy atom.